The molecular weight excluding hydrogens is 439 g/mol. The van der Waals surface area contributed by atoms with Gasteiger partial charge in [-0.3, -0.25) is 4.79 Å². The van der Waals surface area contributed by atoms with Gasteiger partial charge in [0, 0.05) is 11.0 Å². The summed E-state index contributed by atoms with van der Waals surface area (Å²) in [6.45, 7) is -0.284. The van der Waals surface area contributed by atoms with Gasteiger partial charge < -0.3 is 4.74 Å². The van der Waals surface area contributed by atoms with Crippen molar-refractivity contribution in [3.05, 3.63) is 81.7 Å². The van der Waals surface area contributed by atoms with Crippen LogP contribution in [0, 0.1) is 11.6 Å². The molecule has 0 bridgehead atoms. The Bertz CT molecular complexity index is 1040. The first-order chi connectivity index (χ1) is 15.1. The number of rotatable bonds is 6. The van der Waals surface area contributed by atoms with Crippen LogP contribution in [0.1, 0.15) is 17.0 Å². The number of azide groups is 1. The predicted octanol–water partition coefficient (Wildman–Crippen LogP) is 4.88. The lowest BCUT2D eigenvalue weighted by Crippen LogP contribution is -2.49. The van der Waals surface area contributed by atoms with Crippen molar-refractivity contribution in [3.63, 3.8) is 0 Å². The van der Waals surface area contributed by atoms with Crippen molar-refractivity contribution in [3.8, 4) is 0 Å². The van der Waals surface area contributed by atoms with Gasteiger partial charge in [0.2, 0.25) is 5.91 Å². The van der Waals surface area contributed by atoms with Crippen molar-refractivity contribution in [2.45, 2.75) is 30.6 Å². The molecule has 2 amide bonds. The SMILES string of the molecule is [N-]=[N+]=NC(C(=O)N1C(=O)OC[C@@H]1Cc1ccccc1)[C@H](c1cc(F)cc(F)c1)C(F)(F)F. The highest BCUT2D eigenvalue weighted by Gasteiger charge is 2.52. The van der Waals surface area contributed by atoms with Crippen LogP contribution in [0.3, 0.4) is 0 Å². The normalized spacial score (nSPS) is 18.0. The quantitative estimate of drug-likeness (QED) is 0.269. The van der Waals surface area contributed by atoms with E-state index in [1.165, 1.54) is 0 Å². The summed E-state index contributed by atoms with van der Waals surface area (Å²) in [5.74, 6) is -7.02. The van der Waals surface area contributed by atoms with Gasteiger partial charge in [-0.1, -0.05) is 35.4 Å². The molecule has 0 aliphatic carbocycles. The maximum absolute atomic E-state index is 13.9. The minimum absolute atomic E-state index is 0.0760. The van der Waals surface area contributed by atoms with Crippen LogP contribution < -0.4 is 0 Å². The summed E-state index contributed by atoms with van der Waals surface area (Å²) in [7, 11) is 0. The summed E-state index contributed by atoms with van der Waals surface area (Å²) < 4.78 is 73.8. The first kappa shape index (κ1) is 23.0. The molecule has 7 nitrogen and oxygen atoms in total. The number of ether oxygens (including phenoxy) is 1. The molecule has 1 unspecified atom stereocenters. The van der Waals surface area contributed by atoms with Gasteiger partial charge in [-0.2, -0.15) is 13.2 Å². The van der Waals surface area contributed by atoms with E-state index in [1.54, 1.807) is 30.3 Å². The molecule has 0 saturated carbocycles. The number of amides is 2. The lowest BCUT2D eigenvalue weighted by Gasteiger charge is -2.29. The minimum Gasteiger partial charge on any atom is -0.447 e. The van der Waals surface area contributed by atoms with Crippen LogP contribution in [0.25, 0.3) is 10.4 Å². The van der Waals surface area contributed by atoms with Crippen LogP contribution in [0.15, 0.2) is 53.6 Å². The fourth-order valence-electron chi connectivity index (χ4n) is 3.53. The Balaban J connectivity index is 2.01. The van der Waals surface area contributed by atoms with Gasteiger partial charge in [0.05, 0.1) is 12.0 Å². The zero-order valence-electron chi connectivity index (χ0n) is 16.2. The highest BCUT2D eigenvalue weighted by molar-refractivity contribution is 5.97. The summed E-state index contributed by atoms with van der Waals surface area (Å²) in [4.78, 5) is 28.0. The second-order valence-corrected chi connectivity index (χ2v) is 7.00. The second-order valence-electron chi connectivity index (χ2n) is 7.00. The molecule has 1 heterocycles. The van der Waals surface area contributed by atoms with E-state index in [9.17, 15) is 31.5 Å². The van der Waals surface area contributed by atoms with Gasteiger partial charge in [0.25, 0.3) is 0 Å². The number of halogens is 5. The van der Waals surface area contributed by atoms with Gasteiger partial charge >= 0.3 is 12.3 Å². The number of nitrogens with zero attached hydrogens (tertiary/aromatic N) is 4. The van der Waals surface area contributed by atoms with Gasteiger partial charge in [-0.05, 0) is 35.2 Å². The molecule has 0 aromatic heterocycles. The van der Waals surface area contributed by atoms with Crippen LogP contribution in [-0.2, 0) is 16.0 Å². The maximum atomic E-state index is 13.9. The summed E-state index contributed by atoms with van der Waals surface area (Å²) in [5, 5.41) is 2.96. The molecule has 3 atom stereocenters. The number of cyclic esters (lactones) is 1. The molecule has 3 rings (SSSR count). The molecule has 1 aliphatic rings. The zero-order chi connectivity index (χ0) is 23.5. The lowest BCUT2D eigenvalue weighted by atomic mass is 9.89. The fraction of sp³-hybridized carbons (Fsp3) is 0.300. The molecule has 0 spiro atoms. The van der Waals surface area contributed by atoms with Gasteiger partial charge in [-0.25, -0.2) is 18.5 Å². The van der Waals surface area contributed by atoms with Gasteiger partial charge in [0.15, 0.2) is 0 Å². The third kappa shape index (κ3) is 4.97. The highest BCUT2D eigenvalue weighted by Crippen LogP contribution is 2.40. The first-order valence-electron chi connectivity index (χ1n) is 9.22. The standard InChI is InChI=1S/C20H15F5N4O3/c21-13-7-12(8-14(22)9-13)16(20(23,24)25)17(27-28-26)18(30)29-15(10-32-19(29)31)6-11-4-2-1-3-5-11/h1-5,7-9,15-17H,6,10H2/t15-,16-,17?/m0/s1. The Labute approximate surface area is 178 Å². The summed E-state index contributed by atoms with van der Waals surface area (Å²) >= 11 is 0. The van der Waals surface area contributed by atoms with Crippen LogP contribution in [0.5, 0.6) is 0 Å². The average molecular weight is 454 g/mol. The van der Waals surface area contributed by atoms with E-state index in [2.05, 4.69) is 10.0 Å². The number of carbonyl (C=O) groups is 2. The van der Waals surface area contributed by atoms with Crippen LogP contribution >= 0.6 is 0 Å². The molecular formula is C20H15F5N4O3. The molecule has 2 aromatic carbocycles. The molecule has 2 aromatic rings. The molecule has 1 fully saturated rings. The number of carbonyl (C=O) groups excluding carboxylic acids is 2. The van der Waals surface area contributed by atoms with E-state index in [1.807, 2.05) is 0 Å². The second kappa shape index (κ2) is 9.23. The lowest BCUT2D eigenvalue weighted by molar-refractivity contribution is -0.163. The zero-order valence-corrected chi connectivity index (χ0v) is 16.2. The van der Waals surface area contributed by atoms with Crippen LogP contribution in [0.2, 0.25) is 0 Å². The molecule has 12 heteroatoms. The van der Waals surface area contributed by atoms with Crippen molar-refractivity contribution in [2.75, 3.05) is 6.61 Å². The van der Waals surface area contributed by atoms with E-state index in [-0.39, 0.29) is 13.0 Å². The molecule has 32 heavy (non-hydrogen) atoms. The Morgan fingerprint density at radius 3 is 2.38 bits per heavy atom. The fourth-order valence-corrected chi connectivity index (χ4v) is 3.53. The Hall–Kier alpha value is -3.66. The van der Waals surface area contributed by atoms with Crippen LogP contribution in [-0.4, -0.2) is 41.8 Å². The molecule has 1 saturated heterocycles. The van der Waals surface area contributed by atoms with Gasteiger partial charge in [0.1, 0.15) is 24.3 Å². The van der Waals surface area contributed by atoms with Crippen molar-refractivity contribution in [1.29, 1.82) is 0 Å². The maximum Gasteiger partial charge on any atom is 0.416 e. The number of hydrogen-bond donors (Lipinski definition) is 0. The van der Waals surface area contributed by atoms with Crippen molar-refractivity contribution < 1.29 is 36.3 Å². The van der Waals surface area contributed by atoms with Gasteiger partial charge in [-0.15, -0.1) is 0 Å². The molecule has 1 aliphatic heterocycles. The topological polar surface area (TPSA) is 95.4 Å². The van der Waals surface area contributed by atoms with Crippen molar-refractivity contribution in [2.24, 2.45) is 5.11 Å². The van der Waals surface area contributed by atoms with Crippen LogP contribution in [0.4, 0.5) is 26.7 Å². The Morgan fingerprint density at radius 2 is 1.81 bits per heavy atom. The monoisotopic (exact) mass is 454 g/mol. The molecule has 168 valence electrons. The molecule has 0 N–H and O–H groups in total. The Morgan fingerprint density at radius 1 is 1.19 bits per heavy atom. The largest absolute Gasteiger partial charge is 0.447 e. The predicted molar refractivity (Wildman–Crippen MR) is 100 cm³/mol. The number of benzene rings is 2. The van der Waals surface area contributed by atoms with E-state index in [0.717, 1.165) is 0 Å². The average Bonchev–Trinajstić information content (AvgIpc) is 3.06. The summed E-state index contributed by atoms with van der Waals surface area (Å²) in [6.07, 6.45) is -6.37. The van der Waals surface area contributed by atoms with E-state index >= 15 is 0 Å². The van der Waals surface area contributed by atoms with E-state index < -0.39 is 53.4 Å². The number of hydrogen-bond acceptors (Lipinski definition) is 4. The third-order valence-corrected chi connectivity index (χ3v) is 4.85. The van der Waals surface area contributed by atoms with E-state index in [0.29, 0.717) is 28.7 Å². The van der Waals surface area contributed by atoms with Crippen molar-refractivity contribution in [1.82, 2.24) is 4.90 Å². The molecule has 0 radical (unpaired) electrons. The van der Waals surface area contributed by atoms with Crippen molar-refractivity contribution >= 4 is 12.0 Å². The van der Waals surface area contributed by atoms with E-state index in [4.69, 9.17) is 10.3 Å². The number of alkyl halides is 3. The summed E-state index contributed by atoms with van der Waals surface area (Å²) in [6, 6.07) is 6.12. The highest BCUT2D eigenvalue weighted by atomic mass is 19.4. The smallest absolute Gasteiger partial charge is 0.416 e. The third-order valence-electron chi connectivity index (χ3n) is 4.85. The first-order valence-corrected chi connectivity index (χ1v) is 9.22. The Kier molecular flexibility index (Phi) is 6.64. The minimum atomic E-state index is -5.24. The number of imide groups is 1. The summed E-state index contributed by atoms with van der Waals surface area (Å²) in [5.41, 5.74) is 8.53.